The molecule has 1 aliphatic heterocycles. The Kier molecular flexibility index (Phi) is 5.99. The summed E-state index contributed by atoms with van der Waals surface area (Å²) in [6.45, 7) is 5.09. The molecule has 2 aromatic rings. The first-order chi connectivity index (χ1) is 12.9. The summed E-state index contributed by atoms with van der Waals surface area (Å²) in [5, 5.41) is 13.4. The Balaban J connectivity index is 1.73. The Morgan fingerprint density at radius 3 is 2.81 bits per heavy atom. The number of halogens is 1. The van der Waals surface area contributed by atoms with Crippen LogP contribution >= 0.6 is 0 Å². The molecule has 0 amide bonds. The minimum atomic E-state index is -0.926. The van der Waals surface area contributed by atoms with Crippen molar-refractivity contribution in [2.75, 3.05) is 24.7 Å². The summed E-state index contributed by atoms with van der Waals surface area (Å²) in [4.78, 5) is 1.85. The van der Waals surface area contributed by atoms with Crippen molar-refractivity contribution in [3.8, 4) is 0 Å². The zero-order valence-electron chi connectivity index (χ0n) is 16.1. The van der Waals surface area contributed by atoms with Crippen LogP contribution in [0.1, 0.15) is 29.2 Å². The molecule has 2 unspecified atom stereocenters. The van der Waals surface area contributed by atoms with E-state index in [1.807, 2.05) is 17.0 Å². The van der Waals surface area contributed by atoms with Crippen molar-refractivity contribution in [2.45, 2.75) is 45.7 Å². The van der Waals surface area contributed by atoms with E-state index < -0.39 is 6.41 Å². The van der Waals surface area contributed by atoms with Gasteiger partial charge in [0, 0.05) is 26.2 Å². The van der Waals surface area contributed by atoms with Gasteiger partial charge in [-0.15, -0.1) is 0 Å². The predicted molar refractivity (Wildman–Crippen MR) is 106 cm³/mol. The summed E-state index contributed by atoms with van der Waals surface area (Å²) in [6.07, 6.45) is 0.588. The first-order valence-corrected chi connectivity index (χ1v) is 9.25. The van der Waals surface area contributed by atoms with Gasteiger partial charge in [-0.25, -0.2) is 4.39 Å². The van der Waals surface area contributed by atoms with E-state index in [-0.39, 0.29) is 11.9 Å². The molecule has 0 fully saturated rings. The number of nitrogens with two attached hydrogens (primary N) is 1. The number of methoxy groups -OCH3 is 1. The average Bonchev–Trinajstić information content (AvgIpc) is 2.66. The monoisotopic (exact) mass is 373 g/mol. The molecule has 0 aliphatic carbocycles. The van der Waals surface area contributed by atoms with Crippen LogP contribution in [0.4, 0.5) is 15.8 Å². The standard InChI is InChI=1S/C21H28FN3O2/c1-13-4-5-15(11-18(13)22)10-14(2)24-19-7-6-16-8-9-25(21(26)27-3)12-17(16)20(19)23/h4-7,11,14,21,24,26H,8-10,12,23H2,1-3H3. The van der Waals surface area contributed by atoms with Crippen molar-refractivity contribution in [2.24, 2.45) is 0 Å². The van der Waals surface area contributed by atoms with Gasteiger partial charge in [-0.05, 0) is 61.1 Å². The van der Waals surface area contributed by atoms with Gasteiger partial charge in [-0.2, -0.15) is 0 Å². The predicted octanol–water partition coefficient (Wildman–Crippen LogP) is 3.04. The maximum Gasteiger partial charge on any atom is 0.216 e. The number of aliphatic hydroxyl groups is 1. The Hall–Kier alpha value is -2.15. The third-order valence-corrected chi connectivity index (χ3v) is 5.19. The molecule has 27 heavy (non-hydrogen) atoms. The fourth-order valence-corrected chi connectivity index (χ4v) is 3.57. The number of nitrogens with zero attached hydrogens (tertiary/aromatic N) is 1. The Bertz CT molecular complexity index is 812. The third kappa shape index (κ3) is 4.40. The van der Waals surface area contributed by atoms with E-state index in [0.717, 1.165) is 29.8 Å². The molecule has 0 radical (unpaired) electrons. The quantitative estimate of drug-likeness (QED) is 0.536. The van der Waals surface area contributed by atoms with E-state index in [0.29, 0.717) is 24.2 Å². The molecule has 2 atom stereocenters. The lowest BCUT2D eigenvalue weighted by atomic mass is 9.96. The second-order valence-electron chi connectivity index (χ2n) is 7.28. The largest absolute Gasteiger partial charge is 0.397 e. The van der Waals surface area contributed by atoms with Crippen LogP contribution in [0.3, 0.4) is 0 Å². The second kappa shape index (κ2) is 8.25. The second-order valence-corrected chi connectivity index (χ2v) is 7.28. The van der Waals surface area contributed by atoms with Crippen LogP contribution in [0, 0.1) is 12.7 Å². The molecule has 0 aromatic heterocycles. The molecule has 6 heteroatoms. The number of aryl methyl sites for hydroxylation is 1. The molecule has 0 saturated heterocycles. The maximum atomic E-state index is 13.8. The average molecular weight is 373 g/mol. The number of fused-ring (bicyclic) bond motifs is 1. The van der Waals surface area contributed by atoms with Crippen molar-refractivity contribution in [3.05, 3.63) is 58.4 Å². The van der Waals surface area contributed by atoms with Gasteiger partial charge in [-0.3, -0.25) is 4.90 Å². The van der Waals surface area contributed by atoms with Crippen molar-refractivity contribution >= 4 is 11.4 Å². The lowest BCUT2D eigenvalue weighted by Crippen LogP contribution is -2.40. The number of nitrogens with one attached hydrogen (secondary N) is 1. The van der Waals surface area contributed by atoms with Gasteiger partial charge in [-0.1, -0.05) is 18.2 Å². The molecule has 4 N–H and O–H groups in total. The van der Waals surface area contributed by atoms with E-state index in [4.69, 9.17) is 10.5 Å². The van der Waals surface area contributed by atoms with E-state index in [1.165, 1.54) is 12.7 Å². The minimum Gasteiger partial charge on any atom is -0.397 e. The van der Waals surface area contributed by atoms with Crippen LogP contribution in [0.2, 0.25) is 0 Å². The number of ether oxygens (including phenoxy) is 1. The van der Waals surface area contributed by atoms with E-state index in [1.54, 1.807) is 19.1 Å². The molecule has 0 saturated carbocycles. The first-order valence-electron chi connectivity index (χ1n) is 9.25. The number of nitrogen functional groups attached to an aromatic ring is 1. The van der Waals surface area contributed by atoms with Crippen LogP contribution in [-0.4, -0.2) is 36.1 Å². The SMILES string of the molecule is COC(O)N1CCc2ccc(NC(C)Cc3ccc(C)c(F)c3)c(N)c2C1. The third-order valence-electron chi connectivity index (χ3n) is 5.19. The van der Waals surface area contributed by atoms with Crippen molar-refractivity contribution < 1.29 is 14.2 Å². The zero-order chi connectivity index (χ0) is 19.6. The first kappa shape index (κ1) is 19.6. The van der Waals surface area contributed by atoms with Gasteiger partial charge >= 0.3 is 0 Å². The normalized spacial score (nSPS) is 16.6. The summed E-state index contributed by atoms with van der Waals surface area (Å²) in [6, 6.07) is 9.54. The summed E-state index contributed by atoms with van der Waals surface area (Å²) in [7, 11) is 1.48. The molecular formula is C21H28FN3O2. The van der Waals surface area contributed by atoms with E-state index >= 15 is 0 Å². The van der Waals surface area contributed by atoms with Crippen LogP contribution in [0.25, 0.3) is 0 Å². The lowest BCUT2D eigenvalue weighted by molar-refractivity contribution is -0.181. The van der Waals surface area contributed by atoms with Crippen molar-refractivity contribution in [3.63, 3.8) is 0 Å². The molecule has 3 rings (SSSR count). The van der Waals surface area contributed by atoms with Crippen LogP contribution < -0.4 is 11.1 Å². The molecule has 146 valence electrons. The number of anilines is 2. The van der Waals surface area contributed by atoms with Gasteiger partial charge < -0.3 is 20.9 Å². The molecule has 0 spiro atoms. The summed E-state index contributed by atoms with van der Waals surface area (Å²) >= 11 is 0. The fourth-order valence-electron chi connectivity index (χ4n) is 3.57. The van der Waals surface area contributed by atoms with Gasteiger partial charge in [0.25, 0.3) is 0 Å². The lowest BCUT2D eigenvalue weighted by Gasteiger charge is -2.33. The highest BCUT2D eigenvalue weighted by Crippen LogP contribution is 2.32. The number of aliphatic hydroxyl groups excluding tert-OH is 1. The highest BCUT2D eigenvalue weighted by molar-refractivity contribution is 5.72. The van der Waals surface area contributed by atoms with Gasteiger partial charge in [0.1, 0.15) is 5.82 Å². The summed E-state index contributed by atoms with van der Waals surface area (Å²) in [5.74, 6) is -0.176. The van der Waals surface area contributed by atoms with Gasteiger partial charge in [0.2, 0.25) is 6.41 Å². The van der Waals surface area contributed by atoms with E-state index in [9.17, 15) is 9.50 Å². The molecule has 2 aromatic carbocycles. The summed E-state index contributed by atoms with van der Waals surface area (Å²) < 4.78 is 18.8. The number of benzene rings is 2. The Labute approximate surface area is 159 Å². The molecule has 1 heterocycles. The number of hydrogen-bond acceptors (Lipinski definition) is 5. The Morgan fingerprint density at radius 1 is 1.33 bits per heavy atom. The van der Waals surface area contributed by atoms with Gasteiger partial charge in [0.15, 0.2) is 0 Å². The van der Waals surface area contributed by atoms with Crippen LogP contribution in [0.5, 0.6) is 0 Å². The topological polar surface area (TPSA) is 70.8 Å². The van der Waals surface area contributed by atoms with Crippen molar-refractivity contribution in [1.82, 2.24) is 4.90 Å². The van der Waals surface area contributed by atoms with Gasteiger partial charge in [0.05, 0.1) is 11.4 Å². The highest BCUT2D eigenvalue weighted by atomic mass is 19.1. The van der Waals surface area contributed by atoms with Crippen molar-refractivity contribution in [1.29, 1.82) is 0 Å². The molecule has 1 aliphatic rings. The summed E-state index contributed by atoms with van der Waals surface area (Å²) in [5.41, 5.74) is 11.8. The minimum absolute atomic E-state index is 0.0942. The van der Waals surface area contributed by atoms with E-state index in [2.05, 4.69) is 18.3 Å². The fraction of sp³-hybridized carbons (Fsp3) is 0.429. The molecular weight excluding hydrogens is 345 g/mol. The highest BCUT2D eigenvalue weighted by Gasteiger charge is 2.24. The maximum absolute atomic E-state index is 13.8. The number of rotatable bonds is 6. The smallest absolute Gasteiger partial charge is 0.216 e. The molecule has 0 bridgehead atoms. The number of hydrogen-bond donors (Lipinski definition) is 3. The molecule has 5 nitrogen and oxygen atoms in total. The van der Waals surface area contributed by atoms with Crippen LogP contribution in [0.15, 0.2) is 30.3 Å². The van der Waals surface area contributed by atoms with Crippen LogP contribution in [-0.2, 0) is 24.1 Å². The zero-order valence-corrected chi connectivity index (χ0v) is 16.1. The Morgan fingerprint density at radius 2 is 2.11 bits per heavy atom.